The fourth-order valence-electron chi connectivity index (χ4n) is 2.38. The Morgan fingerprint density at radius 3 is 2.90 bits per heavy atom. The highest BCUT2D eigenvalue weighted by molar-refractivity contribution is 5.79. The number of nitrogens with one attached hydrogen (secondary N) is 2. The lowest BCUT2D eigenvalue weighted by Gasteiger charge is -2.14. The van der Waals surface area contributed by atoms with E-state index in [9.17, 15) is 10.1 Å². The monoisotopic (exact) mass is 290 g/mol. The van der Waals surface area contributed by atoms with Crippen molar-refractivity contribution < 1.29 is 4.92 Å². The molecule has 0 fully saturated rings. The van der Waals surface area contributed by atoms with Crippen LogP contribution in [0.2, 0.25) is 0 Å². The fraction of sp³-hybridized carbons (Fsp3) is 0.533. The van der Waals surface area contributed by atoms with Gasteiger partial charge in [0.05, 0.1) is 16.0 Å². The van der Waals surface area contributed by atoms with Gasteiger partial charge in [-0.3, -0.25) is 10.1 Å². The van der Waals surface area contributed by atoms with Crippen LogP contribution in [0.15, 0.2) is 18.2 Å². The Balaban J connectivity index is 2.03. The van der Waals surface area contributed by atoms with E-state index in [1.54, 1.807) is 6.07 Å². The number of hydrogen-bond donors (Lipinski definition) is 2. The van der Waals surface area contributed by atoms with E-state index >= 15 is 0 Å². The van der Waals surface area contributed by atoms with Crippen molar-refractivity contribution >= 4 is 22.7 Å². The van der Waals surface area contributed by atoms with Crippen LogP contribution in [-0.4, -0.2) is 21.4 Å². The predicted octanol–water partition coefficient (Wildman–Crippen LogP) is 4.10. The second-order valence-corrected chi connectivity index (χ2v) is 5.34. The number of anilines is 1. The summed E-state index contributed by atoms with van der Waals surface area (Å²) in [6.07, 6.45) is 4.81. The number of benzene rings is 1. The lowest BCUT2D eigenvalue weighted by atomic mass is 9.99. The molecule has 1 atom stereocenters. The zero-order valence-electron chi connectivity index (χ0n) is 12.6. The van der Waals surface area contributed by atoms with Crippen molar-refractivity contribution in [1.82, 2.24) is 9.97 Å². The van der Waals surface area contributed by atoms with Gasteiger partial charge in [-0.2, -0.15) is 0 Å². The Hall–Kier alpha value is -2.11. The molecular weight excluding hydrogens is 268 g/mol. The van der Waals surface area contributed by atoms with Gasteiger partial charge in [-0.15, -0.1) is 0 Å². The third kappa shape index (κ3) is 3.93. The van der Waals surface area contributed by atoms with Gasteiger partial charge in [0.15, 0.2) is 0 Å². The third-order valence-corrected chi connectivity index (χ3v) is 3.78. The quantitative estimate of drug-likeness (QED) is 0.566. The molecule has 0 saturated carbocycles. The smallest absolute Gasteiger partial charge is 0.271 e. The van der Waals surface area contributed by atoms with Crippen molar-refractivity contribution in [2.24, 2.45) is 5.92 Å². The number of unbranched alkanes of at least 4 members (excludes halogenated alkanes) is 1. The molecule has 0 amide bonds. The molecule has 6 nitrogen and oxygen atoms in total. The van der Waals surface area contributed by atoms with Crippen LogP contribution in [0.25, 0.3) is 11.0 Å². The van der Waals surface area contributed by atoms with E-state index in [0.29, 0.717) is 17.4 Å². The first-order valence-electron chi connectivity index (χ1n) is 7.52. The molecule has 114 valence electrons. The third-order valence-electron chi connectivity index (χ3n) is 3.78. The predicted molar refractivity (Wildman–Crippen MR) is 84.5 cm³/mol. The molecule has 2 N–H and O–H groups in total. The number of fused-ring (bicyclic) bond motifs is 1. The molecule has 0 bridgehead atoms. The van der Waals surface area contributed by atoms with Crippen LogP contribution in [0.3, 0.4) is 0 Å². The van der Waals surface area contributed by atoms with Crippen molar-refractivity contribution in [2.75, 3.05) is 11.9 Å². The summed E-state index contributed by atoms with van der Waals surface area (Å²) in [6, 6.07) is 4.66. The van der Waals surface area contributed by atoms with Gasteiger partial charge in [0.25, 0.3) is 5.69 Å². The normalized spacial score (nSPS) is 12.5. The van der Waals surface area contributed by atoms with Crippen molar-refractivity contribution in [1.29, 1.82) is 0 Å². The highest BCUT2D eigenvalue weighted by Crippen LogP contribution is 2.21. The number of imidazole rings is 1. The lowest BCUT2D eigenvalue weighted by molar-refractivity contribution is -0.384. The summed E-state index contributed by atoms with van der Waals surface area (Å²) in [4.78, 5) is 17.9. The number of nitro groups is 1. The Kier molecular flexibility index (Phi) is 5.14. The average Bonchev–Trinajstić information content (AvgIpc) is 2.89. The van der Waals surface area contributed by atoms with E-state index in [2.05, 4.69) is 29.1 Å². The first-order valence-corrected chi connectivity index (χ1v) is 7.52. The van der Waals surface area contributed by atoms with Crippen molar-refractivity contribution in [3.05, 3.63) is 28.3 Å². The van der Waals surface area contributed by atoms with Gasteiger partial charge in [0.1, 0.15) is 0 Å². The summed E-state index contributed by atoms with van der Waals surface area (Å²) >= 11 is 0. The van der Waals surface area contributed by atoms with Gasteiger partial charge < -0.3 is 10.3 Å². The van der Waals surface area contributed by atoms with Crippen molar-refractivity contribution in [3.63, 3.8) is 0 Å². The minimum Gasteiger partial charge on any atom is -0.356 e. The highest BCUT2D eigenvalue weighted by Gasteiger charge is 2.11. The number of aromatic amines is 1. The molecule has 0 aliphatic heterocycles. The molecule has 0 radical (unpaired) electrons. The zero-order valence-corrected chi connectivity index (χ0v) is 12.6. The molecule has 0 aliphatic rings. The van der Waals surface area contributed by atoms with E-state index in [0.717, 1.165) is 18.5 Å². The number of non-ortho nitro benzene ring substituents is 1. The molecule has 1 unspecified atom stereocenters. The Bertz CT molecular complexity index is 609. The van der Waals surface area contributed by atoms with E-state index in [1.807, 2.05) is 0 Å². The van der Waals surface area contributed by atoms with Crippen LogP contribution in [0, 0.1) is 16.0 Å². The maximum absolute atomic E-state index is 10.8. The average molecular weight is 290 g/mol. The summed E-state index contributed by atoms with van der Waals surface area (Å²) in [5, 5.41) is 14.1. The second-order valence-electron chi connectivity index (χ2n) is 5.34. The molecule has 1 aromatic carbocycles. The summed E-state index contributed by atoms with van der Waals surface area (Å²) < 4.78 is 0. The molecule has 2 rings (SSSR count). The summed E-state index contributed by atoms with van der Waals surface area (Å²) in [7, 11) is 0. The maximum Gasteiger partial charge on any atom is 0.271 e. The minimum absolute atomic E-state index is 0.0760. The Labute approximate surface area is 124 Å². The number of rotatable bonds is 8. The van der Waals surface area contributed by atoms with Gasteiger partial charge in [-0.1, -0.05) is 33.1 Å². The second kappa shape index (κ2) is 7.06. The molecule has 0 aliphatic carbocycles. The van der Waals surface area contributed by atoms with Gasteiger partial charge >= 0.3 is 0 Å². The van der Waals surface area contributed by atoms with E-state index in [4.69, 9.17) is 0 Å². The minimum atomic E-state index is -0.398. The van der Waals surface area contributed by atoms with E-state index in [1.165, 1.54) is 31.4 Å². The van der Waals surface area contributed by atoms with Crippen LogP contribution in [0.4, 0.5) is 11.6 Å². The zero-order chi connectivity index (χ0) is 15.2. The first-order chi connectivity index (χ1) is 10.1. The number of nitrogens with zero attached hydrogens (tertiary/aromatic N) is 2. The van der Waals surface area contributed by atoms with Crippen LogP contribution < -0.4 is 5.32 Å². The number of hydrogen-bond acceptors (Lipinski definition) is 4. The SMILES string of the molecule is CCCCC(CC)CNc1nc2ccc([N+](=O)[O-])cc2[nH]1. The number of H-pyrrole nitrogens is 1. The molecule has 6 heteroatoms. The molecule has 1 aromatic heterocycles. The number of nitro benzene ring substituents is 1. The standard InChI is InChI=1S/C15H22N4O2/c1-3-5-6-11(4-2)10-16-15-17-13-8-7-12(19(20)21)9-14(13)18-15/h7-9,11H,3-6,10H2,1-2H3,(H2,16,17,18). The van der Waals surface area contributed by atoms with Crippen LogP contribution in [0.5, 0.6) is 0 Å². The summed E-state index contributed by atoms with van der Waals surface area (Å²) in [5.74, 6) is 1.31. The molecular formula is C15H22N4O2. The number of aromatic nitrogens is 2. The molecule has 1 heterocycles. The van der Waals surface area contributed by atoms with Gasteiger partial charge in [0.2, 0.25) is 5.95 Å². The van der Waals surface area contributed by atoms with Gasteiger partial charge in [-0.05, 0) is 18.4 Å². The largest absolute Gasteiger partial charge is 0.356 e. The maximum atomic E-state index is 10.8. The summed E-state index contributed by atoms with van der Waals surface area (Å²) in [6.45, 7) is 5.27. The Morgan fingerprint density at radius 1 is 1.43 bits per heavy atom. The van der Waals surface area contributed by atoms with Crippen molar-refractivity contribution in [3.8, 4) is 0 Å². The van der Waals surface area contributed by atoms with Crippen LogP contribution in [0.1, 0.15) is 39.5 Å². The Morgan fingerprint density at radius 2 is 2.24 bits per heavy atom. The first kappa shape index (κ1) is 15.3. The van der Waals surface area contributed by atoms with Crippen LogP contribution in [-0.2, 0) is 0 Å². The molecule has 21 heavy (non-hydrogen) atoms. The lowest BCUT2D eigenvalue weighted by Crippen LogP contribution is -2.14. The molecule has 0 spiro atoms. The fourth-order valence-corrected chi connectivity index (χ4v) is 2.38. The molecule has 0 saturated heterocycles. The van der Waals surface area contributed by atoms with Gasteiger partial charge in [0, 0.05) is 18.7 Å². The van der Waals surface area contributed by atoms with Crippen LogP contribution >= 0.6 is 0 Å². The van der Waals surface area contributed by atoms with Gasteiger partial charge in [-0.25, -0.2) is 4.98 Å². The van der Waals surface area contributed by atoms with E-state index in [-0.39, 0.29) is 5.69 Å². The van der Waals surface area contributed by atoms with Crippen molar-refractivity contribution in [2.45, 2.75) is 39.5 Å². The highest BCUT2D eigenvalue weighted by atomic mass is 16.6. The summed E-state index contributed by atoms with van der Waals surface area (Å²) in [5.41, 5.74) is 1.50. The molecule has 2 aromatic rings. The van der Waals surface area contributed by atoms with E-state index < -0.39 is 4.92 Å². The topological polar surface area (TPSA) is 83.8 Å².